The molecule has 0 atom stereocenters. The second-order valence-corrected chi connectivity index (χ2v) is 5.28. The minimum Gasteiger partial charge on any atom is -0.381 e. The highest BCUT2D eigenvalue weighted by Gasteiger charge is 2.06. The lowest BCUT2D eigenvalue weighted by Crippen LogP contribution is -2.03. The normalized spacial score (nSPS) is 10.3. The Balaban J connectivity index is 2.26. The molecule has 0 bridgehead atoms. The van der Waals surface area contributed by atoms with Gasteiger partial charge in [0.25, 0.3) is 0 Å². The van der Waals surface area contributed by atoms with E-state index in [0.29, 0.717) is 0 Å². The van der Waals surface area contributed by atoms with Gasteiger partial charge in [0.1, 0.15) is 0 Å². The molecule has 0 saturated carbocycles. The van der Waals surface area contributed by atoms with Crippen LogP contribution in [-0.2, 0) is 13.0 Å². The Morgan fingerprint density at radius 1 is 1.15 bits per heavy atom. The minimum absolute atomic E-state index is 0.852. The lowest BCUT2D eigenvalue weighted by Gasteiger charge is -2.15. The number of benzene rings is 2. The fraction of sp³-hybridized carbons (Fsp3) is 0.263. The van der Waals surface area contributed by atoms with Crippen molar-refractivity contribution in [1.82, 2.24) is 0 Å². The molecule has 2 aromatic rings. The van der Waals surface area contributed by atoms with Crippen LogP contribution in [0.4, 0.5) is 5.69 Å². The topological polar surface area (TPSA) is 12.0 Å². The van der Waals surface area contributed by atoms with Gasteiger partial charge in [0.15, 0.2) is 0 Å². The first-order chi connectivity index (χ1) is 9.61. The Morgan fingerprint density at radius 2 is 1.85 bits per heavy atom. The summed E-state index contributed by atoms with van der Waals surface area (Å²) in [7, 11) is 0. The zero-order chi connectivity index (χ0) is 14.5. The van der Waals surface area contributed by atoms with Crippen LogP contribution in [-0.4, -0.2) is 0 Å². The van der Waals surface area contributed by atoms with Crippen LogP contribution in [0.3, 0.4) is 0 Å². The maximum Gasteiger partial charge on any atom is 0.0400 e. The van der Waals surface area contributed by atoms with Gasteiger partial charge in [-0.25, -0.2) is 0 Å². The van der Waals surface area contributed by atoms with E-state index < -0.39 is 0 Å². The molecule has 0 aliphatic rings. The highest BCUT2D eigenvalue weighted by atomic mass is 14.9. The molecule has 1 heteroatoms. The molecular weight excluding hydrogens is 242 g/mol. The van der Waals surface area contributed by atoms with E-state index in [9.17, 15) is 0 Å². The van der Waals surface area contributed by atoms with E-state index in [1.807, 2.05) is 6.07 Å². The standard InChI is InChI=1S/C19H23N/c1-5-17-11-18(14(2)3)12-19(15(17)4)20-13-16-9-7-6-8-10-16/h6-12,20H,2,5,13H2,1,3-4H3. The van der Waals surface area contributed by atoms with Crippen LogP contribution in [0.25, 0.3) is 5.57 Å². The molecule has 1 nitrogen and oxygen atoms in total. The van der Waals surface area contributed by atoms with Crippen molar-refractivity contribution in [1.29, 1.82) is 0 Å². The van der Waals surface area contributed by atoms with Gasteiger partial charge in [-0.05, 0) is 48.6 Å². The van der Waals surface area contributed by atoms with Crippen LogP contribution in [0.1, 0.15) is 36.1 Å². The van der Waals surface area contributed by atoms with Crippen LogP contribution in [0, 0.1) is 6.92 Å². The fourth-order valence-corrected chi connectivity index (χ4v) is 2.36. The maximum atomic E-state index is 4.06. The Kier molecular flexibility index (Phi) is 4.62. The molecular formula is C19H23N. The van der Waals surface area contributed by atoms with Crippen molar-refractivity contribution < 1.29 is 0 Å². The number of aryl methyl sites for hydroxylation is 1. The van der Waals surface area contributed by atoms with Gasteiger partial charge < -0.3 is 5.32 Å². The number of allylic oxidation sites excluding steroid dienone is 1. The summed E-state index contributed by atoms with van der Waals surface area (Å²) in [5, 5.41) is 3.56. The molecule has 0 fully saturated rings. The van der Waals surface area contributed by atoms with Gasteiger partial charge >= 0.3 is 0 Å². The van der Waals surface area contributed by atoms with Crippen LogP contribution < -0.4 is 5.32 Å². The van der Waals surface area contributed by atoms with E-state index in [2.05, 4.69) is 69.1 Å². The van der Waals surface area contributed by atoms with Gasteiger partial charge in [0.05, 0.1) is 0 Å². The van der Waals surface area contributed by atoms with Crippen LogP contribution in [0.15, 0.2) is 49.0 Å². The lowest BCUT2D eigenvalue weighted by atomic mass is 9.97. The quantitative estimate of drug-likeness (QED) is 0.783. The van der Waals surface area contributed by atoms with Crippen molar-refractivity contribution in [2.45, 2.75) is 33.7 Å². The molecule has 0 saturated heterocycles. The van der Waals surface area contributed by atoms with E-state index in [4.69, 9.17) is 0 Å². The molecule has 0 radical (unpaired) electrons. The summed E-state index contributed by atoms with van der Waals surface area (Å²) in [5.41, 5.74) is 7.58. The Hall–Kier alpha value is -2.02. The van der Waals surface area contributed by atoms with Gasteiger partial charge in [-0.3, -0.25) is 0 Å². The molecule has 2 aromatic carbocycles. The van der Waals surface area contributed by atoms with E-state index in [1.165, 1.54) is 27.9 Å². The molecule has 1 N–H and O–H groups in total. The number of anilines is 1. The highest BCUT2D eigenvalue weighted by Crippen LogP contribution is 2.26. The van der Waals surface area contributed by atoms with Crippen LogP contribution in [0.5, 0.6) is 0 Å². The van der Waals surface area contributed by atoms with Crippen LogP contribution >= 0.6 is 0 Å². The molecule has 0 spiro atoms. The largest absolute Gasteiger partial charge is 0.381 e. The molecule has 0 aliphatic carbocycles. The molecule has 0 unspecified atom stereocenters. The summed E-state index contributed by atoms with van der Waals surface area (Å²) in [6.07, 6.45) is 1.05. The molecule has 2 rings (SSSR count). The minimum atomic E-state index is 0.852. The van der Waals surface area contributed by atoms with Gasteiger partial charge in [-0.1, -0.05) is 55.5 Å². The average Bonchev–Trinajstić information content (AvgIpc) is 2.47. The number of rotatable bonds is 5. The van der Waals surface area contributed by atoms with Gasteiger partial charge in [-0.15, -0.1) is 0 Å². The van der Waals surface area contributed by atoms with Crippen molar-refractivity contribution in [3.05, 3.63) is 71.3 Å². The number of hydrogen-bond acceptors (Lipinski definition) is 1. The van der Waals surface area contributed by atoms with Crippen molar-refractivity contribution in [2.75, 3.05) is 5.32 Å². The molecule has 0 amide bonds. The first kappa shape index (κ1) is 14.4. The third-order valence-corrected chi connectivity index (χ3v) is 3.71. The zero-order valence-electron chi connectivity index (χ0n) is 12.7. The summed E-state index contributed by atoms with van der Waals surface area (Å²) in [5.74, 6) is 0. The summed E-state index contributed by atoms with van der Waals surface area (Å²) >= 11 is 0. The van der Waals surface area contributed by atoms with Gasteiger partial charge in [0.2, 0.25) is 0 Å². The Labute approximate surface area is 122 Å². The van der Waals surface area contributed by atoms with E-state index in [0.717, 1.165) is 18.5 Å². The molecule has 20 heavy (non-hydrogen) atoms. The SMILES string of the molecule is C=C(C)c1cc(CC)c(C)c(NCc2ccccc2)c1. The first-order valence-electron chi connectivity index (χ1n) is 7.19. The second kappa shape index (κ2) is 6.42. The Morgan fingerprint density at radius 3 is 2.45 bits per heavy atom. The van der Waals surface area contributed by atoms with Crippen molar-refractivity contribution in [2.24, 2.45) is 0 Å². The zero-order valence-corrected chi connectivity index (χ0v) is 12.7. The maximum absolute atomic E-state index is 4.06. The first-order valence-corrected chi connectivity index (χ1v) is 7.19. The molecule has 104 valence electrons. The predicted octanol–water partition coefficient (Wildman–Crippen LogP) is 5.20. The van der Waals surface area contributed by atoms with Gasteiger partial charge in [0, 0.05) is 12.2 Å². The summed E-state index contributed by atoms with van der Waals surface area (Å²) in [6.45, 7) is 11.4. The monoisotopic (exact) mass is 265 g/mol. The highest BCUT2D eigenvalue weighted by molar-refractivity contribution is 5.69. The van der Waals surface area contributed by atoms with Crippen LogP contribution in [0.2, 0.25) is 0 Å². The lowest BCUT2D eigenvalue weighted by molar-refractivity contribution is 1.08. The molecule has 0 heterocycles. The predicted molar refractivity (Wildman–Crippen MR) is 89.0 cm³/mol. The summed E-state index contributed by atoms with van der Waals surface area (Å²) in [4.78, 5) is 0. The Bertz CT molecular complexity index is 597. The van der Waals surface area contributed by atoms with E-state index in [-0.39, 0.29) is 0 Å². The fourth-order valence-electron chi connectivity index (χ4n) is 2.36. The van der Waals surface area contributed by atoms with Crippen molar-refractivity contribution >= 4 is 11.3 Å². The van der Waals surface area contributed by atoms with Crippen molar-refractivity contribution in [3.63, 3.8) is 0 Å². The second-order valence-electron chi connectivity index (χ2n) is 5.28. The third-order valence-electron chi connectivity index (χ3n) is 3.71. The molecule has 0 aliphatic heterocycles. The van der Waals surface area contributed by atoms with E-state index >= 15 is 0 Å². The number of hydrogen-bond donors (Lipinski definition) is 1. The summed E-state index contributed by atoms with van der Waals surface area (Å²) < 4.78 is 0. The molecule has 0 aromatic heterocycles. The average molecular weight is 265 g/mol. The van der Waals surface area contributed by atoms with Gasteiger partial charge in [-0.2, -0.15) is 0 Å². The van der Waals surface area contributed by atoms with E-state index in [1.54, 1.807) is 0 Å². The number of nitrogens with one attached hydrogen (secondary N) is 1. The third kappa shape index (κ3) is 3.30. The smallest absolute Gasteiger partial charge is 0.0400 e. The summed E-state index contributed by atoms with van der Waals surface area (Å²) in [6, 6.07) is 14.9. The van der Waals surface area contributed by atoms with Crippen molar-refractivity contribution in [3.8, 4) is 0 Å².